The second-order valence-electron chi connectivity index (χ2n) is 4.86. The van der Waals surface area contributed by atoms with E-state index in [1.165, 1.54) is 12.8 Å². The SMILES string of the molecule is CC(CCl)CCCNCC1CN(C)CCO1. The number of hydrogen-bond donors (Lipinski definition) is 1. The molecule has 1 rings (SSSR count). The third-order valence-electron chi connectivity index (χ3n) is 3.03. The van der Waals surface area contributed by atoms with Crippen LogP contribution < -0.4 is 5.32 Å². The van der Waals surface area contributed by atoms with Crippen LogP contribution >= 0.6 is 11.6 Å². The Morgan fingerprint density at radius 1 is 1.56 bits per heavy atom. The van der Waals surface area contributed by atoms with Crippen molar-refractivity contribution in [2.75, 3.05) is 45.7 Å². The average Bonchev–Trinajstić information content (AvgIpc) is 2.28. The van der Waals surface area contributed by atoms with E-state index in [1.54, 1.807) is 0 Å². The molecule has 0 amide bonds. The molecule has 0 aromatic rings. The molecule has 96 valence electrons. The largest absolute Gasteiger partial charge is 0.374 e. The predicted molar refractivity (Wildman–Crippen MR) is 69.2 cm³/mol. The fourth-order valence-corrected chi connectivity index (χ4v) is 2.06. The van der Waals surface area contributed by atoms with Crippen LogP contribution in [-0.4, -0.2) is 56.7 Å². The number of likely N-dealkylation sites (N-methyl/N-ethyl adjacent to an activating group) is 1. The zero-order valence-corrected chi connectivity index (χ0v) is 11.3. The van der Waals surface area contributed by atoms with Crippen LogP contribution in [0.3, 0.4) is 0 Å². The highest BCUT2D eigenvalue weighted by Crippen LogP contribution is 2.06. The van der Waals surface area contributed by atoms with Gasteiger partial charge in [0.1, 0.15) is 0 Å². The van der Waals surface area contributed by atoms with E-state index in [9.17, 15) is 0 Å². The Hall–Kier alpha value is 0.170. The monoisotopic (exact) mass is 248 g/mol. The summed E-state index contributed by atoms with van der Waals surface area (Å²) >= 11 is 5.76. The van der Waals surface area contributed by atoms with Gasteiger partial charge in [-0.1, -0.05) is 6.92 Å². The van der Waals surface area contributed by atoms with Crippen LogP contribution in [0.4, 0.5) is 0 Å². The van der Waals surface area contributed by atoms with Crippen molar-refractivity contribution in [2.24, 2.45) is 5.92 Å². The van der Waals surface area contributed by atoms with Crippen LogP contribution in [0.2, 0.25) is 0 Å². The van der Waals surface area contributed by atoms with Crippen molar-refractivity contribution in [2.45, 2.75) is 25.9 Å². The van der Waals surface area contributed by atoms with E-state index in [2.05, 4.69) is 24.2 Å². The van der Waals surface area contributed by atoms with E-state index >= 15 is 0 Å². The van der Waals surface area contributed by atoms with Crippen LogP contribution in [0.5, 0.6) is 0 Å². The summed E-state index contributed by atoms with van der Waals surface area (Å²) in [6.07, 6.45) is 2.78. The summed E-state index contributed by atoms with van der Waals surface area (Å²) in [4.78, 5) is 2.32. The number of morpholine rings is 1. The molecule has 4 heteroatoms. The molecule has 0 radical (unpaired) electrons. The van der Waals surface area contributed by atoms with E-state index in [-0.39, 0.29) is 0 Å². The fourth-order valence-electron chi connectivity index (χ4n) is 1.91. The fraction of sp³-hybridized carbons (Fsp3) is 1.00. The quantitative estimate of drug-likeness (QED) is 0.547. The zero-order valence-electron chi connectivity index (χ0n) is 10.5. The number of halogens is 1. The molecular formula is C12H25ClN2O. The number of rotatable bonds is 7. The first-order chi connectivity index (χ1) is 7.72. The zero-order chi connectivity index (χ0) is 11.8. The van der Waals surface area contributed by atoms with Gasteiger partial charge in [-0.2, -0.15) is 0 Å². The van der Waals surface area contributed by atoms with Gasteiger partial charge in [0, 0.05) is 25.5 Å². The molecule has 2 unspecified atom stereocenters. The third kappa shape index (κ3) is 6.04. The smallest absolute Gasteiger partial charge is 0.0826 e. The van der Waals surface area contributed by atoms with E-state index in [0.29, 0.717) is 12.0 Å². The van der Waals surface area contributed by atoms with Crippen molar-refractivity contribution in [3.63, 3.8) is 0 Å². The van der Waals surface area contributed by atoms with Crippen molar-refractivity contribution >= 4 is 11.6 Å². The van der Waals surface area contributed by atoms with Gasteiger partial charge in [0.05, 0.1) is 12.7 Å². The first kappa shape index (κ1) is 14.2. The summed E-state index contributed by atoms with van der Waals surface area (Å²) in [5.74, 6) is 1.41. The molecule has 1 heterocycles. The summed E-state index contributed by atoms with van der Waals surface area (Å²) < 4.78 is 5.67. The number of nitrogens with zero attached hydrogens (tertiary/aromatic N) is 1. The van der Waals surface area contributed by atoms with E-state index in [1.807, 2.05) is 0 Å². The lowest BCUT2D eigenvalue weighted by atomic mass is 10.1. The minimum atomic E-state index is 0.365. The number of alkyl halides is 1. The lowest BCUT2D eigenvalue weighted by Crippen LogP contribution is -2.44. The molecule has 1 aliphatic heterocycles. The van der Waals surface area contributed by atoms with Crippen LogP contribution in [0, 0.1) is 5.92 Å². The summed E-state index contributed by atoms with van der Waals surface area (Å²) in [6, 6.07) is 0. The number of hydrogen-bond acceptors (Lipinski definition) is 3. The van der Waals surface area contributed by atoms with Gasteiger partial charge < -0.3 is 15.0 Å². The van der Waals surface area contributed by atoms with E-state index < -0.39 is 0 Å². The molecule has 0 spiro atoms. The highest BCUT2D eigenvalue weighted by atomic mass is 35.5. The molecule has 2 atom stereocenters. The summed E-state index contributed by atoms with van der Waals surface area (Å²) in [7, 11) is 2.15. The lowest BCUT2D eigenvalue weighted by Gasteiger charge is -2.30. The predicted octanol–water partition coefficient (Wildman–Crippen LogP) is 1.56. The van der Waals surface area contributed by atoms with Gasteiger partial charge in [0.25, 0.3) is 0 Å². The van der Waals surface area contributed by atoms with Gasteiger partial charge >= 0.3 is 0 Å². The van der Waals surface area contributed by atoms with E-state index in [4.69, 9.17) is 16.3 Å². The van der Waals surface area contributed by atoms with Crippen molar-refractivity contribution in [1.82, 2.24) is 10.2 Å². The molecule has 16 heavy (non-hydrogen) atoms. The molecule has 0 bridgehead atoms. The topological polar surface area (TPSA) is 24.5 Å². The van der Waals surface area contributed by atoms with Gasteiger partial charge in [0.15, 0.2) is 0 Å². The van der Waals surface area contributed by atoms with E-state index in [0.717, 1.165) is 38.7 Å². The van der Waals surface area contributed by atoms with Gasteiger partial charge in [-0.15, -0.1) is 11.6 Å². The standard InChI is InChI=1S/C12H25ClN2O/c1-11(8-13)4-3-5-14-9-12-10-15(2)6-7-16-12/h11-12,14H,3-10H2,1-2H3. The number of nitrogens with one attached hydrogen (secondary N) is 1. The third-order valence-corrected chi connectivity index (χ3v) is 3.55. The first-order valence-electron chi connectivity index (χ1n) is 6.29. The van der Waals surface area contributed by atoms with Gasteiger partial charge in [0.2, 0.25) is 0 Å². The molecule has 0 aliphatic carbocycles. The Kier molecular flexibility index (Phi) is 7.37. The van der Waals surface area contributed by atoms with Crippen molar-refractivity contribution < 1.29 is 4.74 Å². The molecule has 1 aliphatic rings. The minimum absolute atomic E-state index is 0.365. The molecule has 0 aromatic heterocycles. The normalized spacial score (nSPS) is 24.6. The Balaban J connectivity index is 1.94. The molecule has 1 saturated heterocycles. The second-order valence-corrected chi connectivity index (χ2v) is 5.17. The molecule has 0 aromatic carbocycles. The molecular weight excluding hydrogens is 224 g/mol. The second kappa shape index (κ2) is 8.29. The van der Waals surface area contributed by atoms with Crippen molar-refractivity contribution in [3.05, 3.63) is 0 Å². The molecule has 3 nitrogen and oxygen atoms in total. The summed E-state index contributed by atoms with van der Waals surface area (Å²) in [5, 5.41) is 3.46. The summed E-state index contributed by atoms with van der Waals surface area (Å²) in [5.41, 5.74) is 0. The average molecular weight is 249 g/mol. The molecule has 0 saturated carbocycles. The highest BCUT2D eigenvalue weighted by Gasteiger charge is 2.16. The maximum atomic E-state index is 5.76. The maximum absolute atomic E-state index is 5.76. The maximum Gasteiger partial charge on any atom is 0.0826 e. The van der Waals surface area contributed by atoms with Crippen LogP contribution in [0.15, 0.2) is 0 Å². The Morgan fingerprint density at radius 3 is 3.06 bits per heavy atom. The Labute approximate surface area is 104 Å². The first-order valence-corrected chi connectivity index (χ1v) is 6.82. The highest BCUT2D eigenvalue weighted by molar-refractivity contribution is 6.18. The van der Waals surface area contributed by atoms with Gasteiger partial charge in [-0.05, 0) is 32.4 Å². The van der Waals surface area contributed by atoms with Crippen LogP contribution in [0.25, 0.3) is 0 Å². The number of ether oxygens (including phenoxy) is 1. The lowest BCUT2D eigenvalue weighted by molar-refractivity contribution is -0.0180. The van der Waals surface area contributed by atoms with Crippen LogP contribution in [-0.2, 0) is 4.74 Å². The van der Waals surface area contributed by atoms with Crippen molar-refractivity contribution in [1.29, 1.82) is 0 Å². The van der Waals surface area contributed by atoms with Gasteiger partial charge in [-0.3, -0.25) is 0 Å². The van der Waals surface area contributed by atoms with Gasteiger partial charge in [-0.25, -0.2) is 0 Å². The van der Waals surface area contributed by atoms with Crippen molar-refractivity contribution in [3.8, 4) is 0 Å². The molecule has 1 fully saturated rings. The summed E-state index contributed by atoms with van der Waals surface area (Å²) in [6.45, 7) is 7.22. The Bertz CT molecular complexity index is 180. The molecule has 1 N–H and O–H groups in total. The van der Waals surface area contributed by atoms with Crippen LogP contribution in [0.1, 0.15) is 19.8 Å². The minimum Gasteiger partial charge on any atom is -0.374 e. The Morgan fingerprint density at radius 2 is 2.38 bits per heavy atom.